The topological polar surface area (TPSA) is 23.4 Å². The van der Waals surface area contributed by atoms with Crippen LogP contribution in [0.25, 0.3) is 72.0 Å². The highest BCUT2D eigenvalue weighted by Crippen LogP contribution is 2.43. The van der Waals surface area contributed by atoms with Crippen molar-refractivity contribution in [2.24, 2.45) is 0 Å². The molecule has 11 rings (SSSR count). The van der Waals surface area contributed by atoms with Crippen LogP contribution in [0.2, 0.25) is 0 Å². The lowest BCUT2D eigenvalue weighted by atomic mass is 9.50. The number of rotatable bonds is 4. The molecule has 0 fully saturated rings. The quantitative estimate of drug-likeness (QED) is 0.175. The van der Waals surface area contributed by atoms with Crippen LogP contribution in [0.5, 0.6) is 17.2 Å². The highest BCUT2D eigenvalue weighted by molar-refractivity contribution is 6.84. The highest BCUT2D eigenvalue weighted by atomic mass is 16.5. The first kappa shape index (κ1) is 29.0. The molecule has 8 aromatic carbocycles. The third-order valence-electron chi connectivity index (χ3n) is 10.7. The van der Waals surface area contributed by atoms with Crippen molar-refractivity contribution in [1.29, 1.82) is 0 Å². The molecule has 0 atom stereocenters. The number of hydrogen-bond acceptors (Lipinski definition) is 2. The van der Waals surface area contributed by atoms with Gasteiger partial charge in [-0.2, -0.15) is 0 Å². The summed E-state index contributed by atoms with van der Waals surface area (Å²) in [6.07, 6.45) is 0. The number of fused-ring (bicyclic) bond motifs is 7. The number of para-hydroxylation sites is 3. The number of nitrogens with zero attached hydrogens (tertiary/aromatic N) is 1. The van der Waals surface area contributed by atoms with Gasteiger partial charge < -0.3 is 14.0 Å². The Morgan fingerprint density at radius 1 is 0.385 bits per heavy atom. The summed E-state index contributed by atoms with van der Waals surface area (Å²) >= 11 is 0. The van der Waals surface area contributed by atoms with Crippen LogP contribution < -0.4 is 20.3 Å². The minimum Gasteiger partial charge on any atom is -0.551 e. The average Bonchev–Trinajstić information content (AvgIpc) is 3.55. The zero-order valence-electron chi connectivity index (χ0n) is 28.2. The van der Waals surface area contributed by atoms with Crippen molar-refractivity contribution in [3.8, 4) is 67.4 Å². The molecule has 0 spiro atoms. The first-order valence-corrected chi connectivity index (χ1v) is 17.8. The molecule has 0 amide bonds. The SMILES string of the molecule is c1ccc(-c2cccc(-c3ccc4c(c3)Oc3cc(-c5cccc(-n6c7ccccc7c7ccccc76)c5)cc5c3B4Oc3ccccc3-5)c2)cc1. The van der Waals surface area contributed by atoms with Crippen LogP contribution in [0.3, 0.4) is 0 Å². The molecule has 0 saturated carbocycles. The second-order valence-corrected chi connectivity index (χ2v) is 13.7. The lowest BCUT2D eigenvalue weighted by molar-refractivity contribution is 0.480. The van der Waals surface area contributed by atoms with E-state index in [1.54, 1.807) is 0 Å². The van der Waals surface area contributed by atoms with E-state index in [0.29, 0.717) is 0 Å². The minimum atomic E-state index is -0.272. The lowest BCUT2D eigenvalue weighted by Crippen LogP contribution is -2.53. The van der Waals surface area contributed by atoms with E-state index in [0.717, 1.165) is 67.2 Å². The Morgan fingerprint density at radius 2 is 1.00 bits per heavy atom. The summed E-state index contributed by atoms with van der Waals surface area (Å²) in [6, 6.07) is 64.8. The van der Waals surface area contributed by atoms with E-state index in [9.17, 15) is 0 Å². The molecule has 0 aliphatic carbocycles. The number of aromatic nitrogens is 1. The molecule has 0 bridgehead atoms. The van der Waals surface area contributed by atoms with Gasteiger partial charge in [0.25, 0.3) is 0 Å². The van der Waals surface area contributed by atoms with Gasteiger partial charge in [0, 0.05) is 32.9 Å². The van der Waals surface area contributed by atoms with Crippen molar-refractivity contribution in [1.82, 2.24) is 4.57 Å². The molecule has 4 heteroatoms. The third kappa shape index (κ3) is 4.48. The Morgan fingerprint density at radius 3 is 1.81 bits per heavy atom. The molecular weight excluding hydrogens is 633 g/mol. The fraction of sp³-hybridized carbons (Fsp3) is 0. The number of benzene rings is 8. The fourth-order valence-corrected chi connectivity index (χ4v) is 8.24. The summed E-state index contributed by atoms with van der Waals surface area (Å²) in [7, 11) is 0. The van der Waals surface area contributed by atoms with Crippen LogP contribution in [0.1, 0.15) is 0 Å². The minimum absolute atomic E-state index is 0.272. The van der Waals surface area contributed by atoms with Crippen molar-refractivity contribution in [3.63, 3.8) is 0 Å². The zero-order valence-corrected chi connectivity index (χ0v) is 28.2. The maximum atomic E-state index is 6.91. The predicted molar refractivity (Wildman–Crippen MR) is 215 cm³/mol. The third-order valence-corrected chi connectivity index (χ3v) is 10.7. The smallest absolute Gasteiger partial charge is 0.434 e. The Hall–Kier alpha value is -6.78. The van der Waals surface area contributed by atoms with Crippen LogP contribution in [0.15, 0.2) is 182 Å². The Balaban J connectivity index is 1.05. The molecule has 242 valence electrons. The summed E-state index contributed by atoms with van der Waals surface area (Å²) in [6.45, 7) is -0.272. The van der Waals surface area contributed by atoms with Gasteiger partial charge in [0.1, 0.15) is 17.2 Å². The number of ether oxygens (including phenoxy) is 1. The van der Waals surface area contributed by atoms with Gasteiger partial charge in [-0.15, -0.1) is 0 Å². The van der Waals surface area contributed by atoms with Crippen molar-refractivity contribution in [2.75, 3.05) is 0 Å². The van der Waals surface area contributed by atoms with Crippen molar-refractivity contribution in [3.05, 3.63) is 182 Å². The molecule has 0 N–H and O–H groups in total. The van der Waals surface area contributed by atoms with E-state index in [2.05, 4.69) is 180 Å². The molecule has 9 aromatic rings. The standard InChI is InChI=1S/C48H30BNO2/c1-2-12-31(13-3-1)32-14-10-15-33(26-32)35-24-25-42-46(29-35)51-47-30-36(28-41-40-20-6-9-23-45(40)52-49(42)48(41)47)34-16-11-17-37(27-34)50-43-21-7-4-18-38(43)39-19-5-8-22-44(39)50/h1-30H. The second kappa shape index (κ2) is 11.4. The van der Waals surface area contributed by atoms with Gasteiger partial charge in [0.05, 0.1) is 11.0 Å². The van der Waals surface area contributed by atoms with Crippen molar-refractivity contribution in [2.45, 2.75) is 0 Å². The van der Waals surface area contributed by atoms with Gasteiger partial charge in [0.15, 0.2) is 0 Å². The second-order valence-electron chi connectivity index (χ2n) is 13.7. The predicted octanol–water partition coefficient (Wildman–Crippen LogP) is 11.1. The molecule has 0 saturated heterocycles. The molecule has 3 heterocycles. The Labute approximate surface area is 302 Å². The Bertz CT molecular complexity index is 2820. The van der Waals surface area contributed by atoms with E-state index in [1.165, 1.54) is 32.9 Å². The summed E-state index contributed by atoms with van der Waals surface area (Å²) < 4.78 is 16.1. The lowest BCUT2D eigenvalue weighted by Gasteiger charge is -2.33. The molecule has 1 aromatic heterocycles. The molecule has 0 radical (unpaired) electrons. The summed E-state index contributed by atoms with van der Waals surface area (Å²) in [5, 5.41) is 2.50. The van der Waals surface area contributed by atoms with Gasteiger partial charge in [-0.3, -0.25) is 0 Å². The van der Waals surface area contributed by atoms with Gasteiger partial charge in [-0.25, -0.2) is 0 Å². The number of hydrogen-bond donors (Lipinski definition) is 0. The first-order valence-electron chi connectivity index (χ1n) is 17.8. The van der Waals surface area contributed by atoms with Crippen LogP contribution in [0.4, 0.5) is 0 Å². The van der Waals surface area contributed by atoms with Gasteiger partial charge in [-0.1, -0.05) is 127 Å². The highest BCUT2D eigenvalue weighted by Gasteiger charge is 2.41. The van der Waals surface area contributed by atoms with Gasteiger partial charge in [0.2, 0.25) is 0 Å². The van der Waals surface area contributed by atoms with Gasteiger partial charge >= 0.3 is 6.92 Å². The van der Waals surface area contributed by atoms with Gasteiger partial charge in [-0.05, 0) is 93.5 Å². The molecule has 52 heavy (non-hydrogen) atoms. The Kier molecular flexibility index (Phi) is 6.35. The fourth-order valence-electron chi connectivity index (χ4n) is 8.24. The average molecular weight is 664 g/mol. The maximum absolute atomic E-state index is 6.91. The zero-order chi connectivity index (χ0) is 34.2. The van der Waals surface area contributed by atoms with Crippen molar-refractivity contribution >= 4 is 39.6 Å². The molecule has 3 nitrogen and oxygen atoms in total. The summed E-state index contributed by atoms with van der Waals surface area (Å²) in [5.74, 6) is 2.54. The van der Waals surface area contributed by atoms with E-state index in [-0.39, 0.29) is 6.92 Å². The normalized spacial score (nSPS) is 12.5. The van der Waals surface area contributed by atoms with Crippen LogP contribution in [-0.2, 0) is 0 Å². The van der Waals surface area contributed by atoms with Crippen LogP contribution in [0, 0.1) is 0 Å². The molecular formula is C48H30BNO2. The maximum Gasteiger partial charge on any atom is 0.434 e. The van der Waals surface area contributed by atoms with E-state index in [1.807, 2.05) is 6.07 Å². The van der Waals surface area contributed by atoms with E-state index < -0.39 is 0 Å². The molecule has 2 aliphatic heterocycles. The van der Waals surface area contributed by atoms with Crippen LogP contribution in [-0.4, -0.2) is 11.5 Å². The van der Waals surface area contributed by atoms with E-state index >= 15 is 0 Å². The van der Waals surface area contributed by atoms with Crippen molar-refractivity contribution < 1.29 is 9.39 Å². The summed E-state index contributed by atoms with van der Waals surface area (Å²) in [5.41, 5.74) is 14.7. The van der Waals surface area contributed by atoms with E-state index in [4.69, 9.17) is 9.39 Å². The summed E-state index contributed by atoms with van der Waals surface area (Å²) in [4.78, 5) is 0. The molecule has 2 aliphatic rings. The first-order chi connectivity index (χ1) is 25.8. The largest absolute Gasteiger partial charge is 0.551 e. The monoisotopic (exact) mass is 663 g/mol. The molecule has 0 unspecified atom stereocenters. The van der Waals surface area contributed by atoms with Crippen LogP contribution >= 0.6 is 0 Å².